The lowest BCUT2D eigenvalue weighted by Gasteiger charge is -2.18. The molecule has 2 atom stereocenters. The van der Waals surface area contributed by atoms with Crippen molar-refractivity contribution in [3.05, 3.63) is 57.4 Å². The van der Waals surface area contributed by atoms with Gasteiger partial charge in [-0.25, -0.2) is 0 Å². The number of carbonyl (C=O) groups is 1. The summed E-state index contributed by atoms with van der Waals surface area (Å²) in [5, 5.41) is 28.0. The predicted octanol–water partition coefficient (Wildman–Crippen LogP) is 1.88. The topological polar surface area (TPSA) is 110 Å². The van der Waals surface area contributed by atoms with Gasteiger partial charge in [0.1, 0.15) is 5.69 Å². The van der Waals surface area contributed by atoms with E-state index < -0.39 is 16.9 Å². The maximum absolute atomic E-state index is 12.4. The molecule has 2 unspecified atom stereocenters. The second-order valence-electron chi connectivity index (χ2n) is 5.70. The summed E-state index contributed by atoms with van der Waals surface area (Å²) in [5.74, 6) is -0.586. The molecule has 1 aromatic carbocycles. The van der Waals surface area contributed by atoms with Gasteiger partial charge in [-0.2, -0.15) is 5.10 Å². The second-order valence-corrected chi connectivity index (χ2v) is 5.70. The zero-order chi connectivity index (χ0) is 17.9. The molecular formula is C16H20N4O4. The third-order valence-corrected chi connectivity index (χ3v) is 3.73. The van der Waals surface area contributed by atoms with Crippen LogP contribution in [-0.2, 0) is 7.05 Å². The molecule has 0 saturated heterocycles. The minimum absolute atomic E-state index is 0.0986. The molecule has 0 aliphatic rings. The van der Waals surface area contributed by atoms with Crippen LogP contribution in [0.3, 0.4) is 0 Å². The number of aryl methyl sites for hydroxylation is 2. The van der Waals surface area contributed by atoms with Gasteiger partial charge in [0.2, 0.25) is 5.69 Å². The van der Waals surface area contributed by atoms with Gasteiger partial charge in [-0.1, -0.05) is 30.3 Å². The Morgan fingerprint density at radius 3 is 2.62 bits per heavy atom. The van der Waals surface area contributed by atoms with Crippen molar-refractivity contribution in [1.82, 2.24) is 15.1 Å². The smallest absolute Gasteiger partial charge is 0.322 e. The molecule has 0 radical (unpaired) electrons. The van der Waals surface area contributed by atoms with E-state index >= 15 is 0 Å². The summed E-state index contributed by atoms with van der Waals surface area (Å²) in [6.07, 6.45) is -0.440. The Hall–Kier alpha value is -2.74. The van der Waals surface area contributed by atoms with Crippen molar-refractivity contribution in [2.24, 2.45) is 7.05 Å². The van der Waals surface area contributed by atoms with E-state index in [-0.39, 0.29) is 23.1 Å². The summed E-state index contributed by atoms with van der Waals surface area (Å²) < 4.78 is 1.20. The number of benzene rings is 1. The lowest BCUT2D eigenvalue weighted by atomic mass is 10.0. The van der Waals surface area contributed by atoms with Crippen LogP contribution in [0.1, 0.15) is 41.2 Å². The average Bonchev–Trinajstić information content (AvgIpc) is 2.82. The van der Waals surface area contributed by atoms with Crippen molar-refractivity contribution in [2.75, 3.05) is 0 Å². The number of amides is 1. The minimum atomic E-state index is -0.732. The Morgan fingerprint density at radius 2 is 2.04 bits per heavy atom. The molecule has 128 valence electrons. The summed E-state index contributed by atoms with van der Waals surface area (Å²) in [6, 6.07) is 8.73. The third kappa shape index (κ3) is 3.77. The fourth-order valence-electron chi connectivity index (χ4n) is 2.62. The van der Waals surface area contributed by atoms with Gasteiger partial charge >= 0.3 is 5.69 Å². The number of aliphatic hydroxyl groups excluding tert-OH is 1. The van der Waals surface area contributed by atoms with Gasteiger partial charge in [-0.05, 0) is 25.8 Å². The van der Waals surface area contributed by atoms with Crippen molar-refractivity contribution in [3.63, 3.8) is 0 Å². The van der Waals surface area contributed by atoms with Gasteiger partial charge in [-0.3, -0.25) is 19.6 Å². The van der Waals surface area contributed by atoms with E-state index in [1.807, 2.05) is 18.2 Å². The number of carbonyl (C=O) groups excluding carboxylic acids is 1. The van der Waals surface area contributed by atoms with Crippen molar-refractivity contribution in [2.45, 2.75) is 32.4 Å². The zero-order valence-electron chi connectivity index (χ0n) is 13.8. The van der Waals surface area contributed by atoms with Crippen LogP contribution in [0.5, 0.6) is 0 Å². The number of nitrogens with zero attached hydrogens (tertiary/aromatic N) is 3. The highest BCUT2D eigenvalue weighted by molar-refractivity contribution is 5.97. The van der Waals surface area contributed by atoms with Crippen LogP contribution >= 0.6 is 0 Å². The molecule has 1 amide bonds. The van der Waals surface area contributed by atoms with Gasteiger partial charge in [-0.15, -0.1) is 0 Å². The summed E-state index contributed by atoms with van der Waals surface area (Å²) >= 11 is 0. The molecule has 0 spiro atoms. The van der Waals surface area contributed by atoms with Crippen LogP contribution in [0.25, 0.3) is 0 Å². The van der Waals surface area contributed by atoms with Crippen molar-refractivity contribution >= 4 is 11.6 Å². The van der Waals surface area contributed by atoms with Gasteiger partial charge in [0.25, 0.3) is 5.91 Å². The number of nitrogens with one attached hydrogen (secondary N) is 1. The molecule has 1 heterocycles. The van der Waals surface area contributed by atoms with Crippen LogP contribution in [-0.4, -0.2) is 31.8 Å². The lowest BCUT2D eigenvalue weighted by molar-refractivity contribution is -0.385. The Labute approximate surface area is 139 Å². The molecule has 0 saturated carbocycles. The molecule has 2 rings (SSSR count). The quantitative estimate of drug-likeness (QED) is 0.620. The minimum Gasteiger partial charge on any atom is -0.388 e. The Kier molecular flexibility index (Phi) is 5.30. The standard InChI is InChI=1S/C16H20N4O4/c1-10(9-13(21)12-7-5-4-6-8-12)17-16(22)15-14(20(23)24)11(2)18-19(15)3/h4-8,10,13,21H,9H2,1-3H3,(H,17,22). The predicted molar refractivity (Wildman–Crippen MR) is 87.5 cm³/mol. The van der Waals surface area contributed by atoms with E-state index in [1.54, 1.807) is 19.1 Å². The highest BCUT2D eigenvalue weighted by atomic mass is 16.6. The lowest BCUT2D eigenvalue weighted by Crippen LogP contribution is -2.35. The number of hydrogen-bond donors (Lipinski definition) is 2. The average molecular weight is 332 g/mol. The number of hydrogen-bond acceptors (Lipinski definition) is 5. The van der Waals surface area contributed by atoms with E-state index in [0.717, 1.165) is 5.56 Å². The fourth-order valence-corrected chi connectivity index (χ4v) is 2.62. The summed E-state index contributed by atoms with van der Waals surface area (Å²) in [6.45, 7) is 3.22. The number of aromatic nitrogens is 2. The van der Waals surface area contributed by atoms with Gasteiger partial charge in [0.05, 0.1) is 11.0 Å². The van der Waals surface area contributed by atoms with Crippen molar-refractivity contribution < 1.29 is 14.8 Å². The van der Waals surface area contributed by atoms with Crippen molar-refractivity contribution in [1.29, 1.82) is 0 Å². The van der Waals surface area contributed by atoms with E-state index in [9.17, 15) is 20.0 Å². The summed E-state index contributed by atoms with van der Waals surface area (Å²) in [7, 11) is 1.48. The van der Waals surface area contributed by atoms with Crippen LogP contribution < -0.4 is 5.32 Å². The molecule has 8 nitrogen and oxygen atoms in total. The molecule has 0 fully saturated rings. The van der Waals surface area contributed by atoms with Crippen LogP contribution in [0.4, 0.5) is 5.69 Å². The van der Waals surface area contributed by atoms with E-state index in [1.165, 1.54) is 18.7 Å². The van der Waals surface area contributed by atoms with Crippen LogP contribution in [0.15, 0.2) is 30.3 Å². The molecule has 0 bridgehead atoms. The molecule has 1 aromatic heterocycles. The van der Waals surface area contributed by atoms with Gasteiger partial charge in [0.15, 0.2) is 0 Å². The van der Waals surface area contributed by atoms with Crippen molar-refractivity contribution in [3.8, 4) is 0 Å². The summed E-state index contributed by atoms with van der Waals surface area (Å²) in [4.78, 5) is 22.9. The second kappa shape index (κ2) is 7.22. The maximum atomic E-state index is 12.4. The monoisotopic (exact) mass is 332 g/mol. The van der Waals surface area contributed by atoms with E-state index in [2.05, 4.69) is 10.4 Å². The largest absolute Gasteiger partial charge is 0.388 e. The van der Waals surface area contributed by atoms with E-state index in [4.69, 9.17) is 0 Å². The summed E-state index contributed by atoms with van der Waals surface area (Å²) in [5.41, 5.74) is 0.537. The Morgan fingerprint density at radius 1 is 1.42 bits per heavy atom. The normalized spacial score (nSPS) is 13.3. The number of rotatable bonds is 6. The SMILES string of the molecule is Cc1nn(C)c(C(=O)NC(C)CC(O)c2ccccc2)c1[N+](=O)[O-]. The molecule has 0 aliphatic heterocycles. The first-order valence-corrected chi connectivity index (χ1v) is 7.53. The maximum Gasteiger partial charge on any atom is 0.322 e. The number of nitro groups is 1. The van der Waals surface area contributed by atoms with Crippen LogP contribution in [0, 0.1) is 17.0 Å². The first-order valence-electron chi connectivity index (χ1n) is 7.53. The first-order chi connectivity index (χ1) is 11.3. The molecule has 0 aliphatic carbocycles. The molecule has 2 aromatic rings. The highest BCUT2D eigenvalue weighted by Crippen LogP contribution is 2.23. The van der Waals surface area contributed by atoms with Gasteiger partial charge < -0.3 is 10.4 Å². The zero-order valence-corrected chi connectivity index (χ0v) is 13.8. The molecule has 2 N–H and O–H groups in total. The van der Waals surface area contributed by atoms with Gasteiger partial charge in [0, 0.05) is 13.1 Å². The van der Waals surface area contributed by atoms with Crippen LogP contribution in [0.2, 0.25) is 0 Å². The Bertz CT molecular complexity index is 742. The van der Waals surface area contributed by atoms with E-state index in [0.29, 0.717) is 6.42 Å². The number of aliphatic hydroxyl groups is 1. The molecule has 24 heavy (non-hydrogen) atoms. The highest BCUT2D eigenvalue weighted by Gasteiger charge is 2.30. The third-order valence-electron chi connectivity index (χ3n) is 3.73. The molecule has 8 heteroatoms. The Balaban J connectivity index is 2.09. The fraction of sp³-hybridized carbons (Fsp3) is 0.375. The first kappa shape index (κ1) is 17.6. The molecular weight excluding hydrogens is 312 g/mol.